The van der Waals surface area contributed by atoms with E-state index >= 15 is 0 Å². The Morgan fingerprint density at radius 3 is 2.30 bits per heavy atom. The lowest BCUT2D eigenvalue weighted by Crippen LogP contribution is -2.58. The molecule has 6 N–H and O–H groups in total. The van der Waals surface area contributed by atoms with Gasteiger partial charge in [0.25, 0.3) is 0 Å². The number of carbonyl (C=O) groups excluding carboxylic acids is 1. The van der Waals surface area contributed by atoms with Gasteiger partial charge < -0.3 is 26.4 Å². The second kappa shape index (κ2) is 7.23. The minimum atomic E-state index is -1.04. The summed E-state index contributed by atoms with van der Waals surface area (Å²) in [6.07, 6.45) is 0.709. The van der Waals surface area contributed by atoms with Crippen molar-refractivity contribution in [1.29, 1.82) is 0 Å². The van der Waals surface area contributed by atoms with E-state index in [1.165, 1.54) is 12.1 Å². The molecule has 6 heteroatoms. The zero-order valence-corrected chi connectivity index (χ0v) is 11.5. The molecular weight excluding hydrogens is 260 g/mol. The van der Waals surface area contributed by atoms with Crippen molar-refractivity contribution in [2.24, 2.45) is 5.73 Å². The normalized spacial score (nSPS) is 13.0. The van der Waals surface area contributed by atoms with Crippen LogP contribution in [0.15, 0.2) is 24.3 Å². The average molecular weight is 282 g/mol. The van der Waals surface area contributed by atoms with Gasteiger partial charge in [-0.3, -0.25) is 4.79 Å². The van der Waals surface area contributed by atoms with E-state index in [1.807, 2.05) is 0 Å². The molecule has 1 aromatic carbocycles. The summed E-state index contributed by atoms with van der Waals surface area (Å²) < 4.78 is 0. The fourth-order valence-corrected chi connectivity index (χ4v) is 1.77. The Bertz CT molecular complexity index is 421. The molecule has 0 saturated heterocycles. The van der Waals surface area contributed by atoms with Gasteiger partial charge >= 0.3 is 0 Å². The summed E-state index contributed by atoms with van der Waals surface area (Å²) in [7, 11) is 0. The number of aliphatic hydroxyl groups excluding tert-OH is 2. The number of phenols is 1. The maximum Gasteiger partial charge on any atom is 0.237 e. The van der Waals surface area contributed by atoms with Crippen LogP contribution in [0.2, 0.25) is 0 Å². The molecule has 1 amide bonds. The van der Waals surface area contributed by atoms with Crippen LogP contribution >= 0.6 is 0 Å². The van der Waals surface area contributed by atoms with E-state index in [1.54, 1.807) is 19.1 Å². The first-order valence-corrected chi connectivity index (χ1v) is 6.53. The van der Waals surface area contributed by atoms with E-state index in [2.05, 4.69) is 5.32 Å². The number of amides is 1. The van der Waals surface area contributed by atoms with Crippen molar-refractivity contribution in [1.82, 2.24) is 5.32 Å². The Balaban J connectivity index is 2.65. The third kappa shape index (κ3) is 4.19. The number of hydrogen-bond acceptors (Lipinski definition) is 5. The van der Waals surface area contributed by atoms with Crippen molar-refractivity contribution < 1.29 is 20.1 Å². The van der Waals surface area contributed by atoms with Gasteiger partial charge in [-0.2, -0.15) is 0 Å². The van der Waals surface area contributed by atoms with E-state index in [9.17, 15) is 20.1 Å². The number of rotatable bonds is 7. The highest BCUT2D eigenvalue weighted by atomic mass is 16.3. The number of aromatic hydroxyl groups is 1. The molecule has 20 heavy (non-hydrogen) atoms. The number of nitrogens with two attached hydrogens (primary N) is 1. The average Bonchev–Trinajstić information content (AvgIpc) is 2.47. The van der Waals surface area contributed by atoms with Crippen LogP contribution in [0.5, 0.6) is 5.75 Å². The van der Waals surface area contributed by atoms with Gasteiger partial charge in [0.05, 0.1) is 24.8 Å². The van der Waals surface area contributed by atoms with E-state index in [0.717, 1.165) is 5.56 Å². The monoisotopic (exact) mass is 282 g/mol. The highest BCUT2D eigenvalue weighted by Gasteiger charge is 2.30. The molecule has 1 aromatic rings. The summed E-state index contributed by atoms with van der Waals surface area (Å²) in [4.78, 5) is 12.0. The molecule has 0 fully saturated rings. The molecule has 1 atom stereocenters. The zero-order valence-electron chi connectivity index (χ0n) is 11.5. The molecule has 0 aliphatic rings. The van der Waals surface area contributed by atoms with Gasteiger partial charge in [0.15, 0.2) is 0 Å². The van der Waals surface area contributed by atoms with Crippen LogP contribution in [0, 0.1) is 0 Å². The van der Waals surface area contributed by atoms with Gasteiger partial charge in [-0.1, -0.05) is 19.1 Å². The van der Waals surface area contributed by atoms with Crippen LogP contribution in [-0.4, -0.2) is 46.0 Å². The number of phenolic OH excluding ortho intramolecular Hbond substituents is 1. The Morgan fingerprint density at radius 1 is 1.30 bits per heavy atom. The first-order valence-electron chi connectivity index (χ1n) is 6.53. The van der Waals surface area contributed by atoms with Crippen molar-refractivity contribution >= 4 is 5.91 Å². The summed E-state index contributed by atoms with van der Waals surface area (Å²) in [6.45, 7) is 1.06. The summed E-state index contributed by atoms with van der Waals surface area (Å²) in [5.74, 6) is -0.277. The zero-order chi connectivity index (χ0) is 15.2. The van der Waals surface area contributed by atoms with E-state index in [4.69, 9.17) is 5.73 Å². The summed E-state index contributed by atoms with van der Waals surface area (Å²) in [5, 5.41) is 30.3. The summed E-state index contributed by atoms with van der Waals surface area (Å²) >= 11 is 0. The van der Waals surface area contributed by atoms with Crippen molar-refractivity contribution in [2.75, 3.05) is 13.2 Å². The molecule has 1 rings (SSSR count). The SMILES string of the molecule is CCC(CO)(CO)NC(=O)[C@H](N)Cc1ccc(O)cc1. The molecule has 0 radical (unpaired) electrons. The fourth-order valence-electron chi connectivity index (χ4n) is 1.77. The number of nitrogens with one attached hydrogen (secondary N) is 1. The Labute approximate surface area is 118 Å². The highest BCUT2D eigenvalue weighted by molar-refractivity contribution is 5.82. The van der Waals surface area contributed by atoms with Crippen LogP contribution in [0.4, 0.5) is 0 Å². The second-order valence-electron chi connectivity index (χ2n) is 4.92. The van der Waals surface area contributed by atoms with E-state index in [-0.39, 0.29) is 19.0 Å². The Hall–Kier alpha value is -1.63. The third-order valence-electron chi connectivity index (χ3n) is 3.40. The number of benzene rings is 1. The van der Waals surface area contributed by atoms with Crippen molar-refractivity contribution in [3.05, 3.63) is 29.8 Å². The fraction of sp³-hybridized carbons (Fsp3) is 0.500. The first kappa shape index (κ1) is 16.4. The molecule has 0 heterocycles. The molecular formula is C14H22N2O4. The lowest BCUT2D eigenvalue weighted by atomic mass is 9.97. The predicted molar refractivity (Wildman–Crippen MR) is 75.1 cm³/mol. The topological polar surface area (TPSA) is 116 Å². The van der Waals surface area contributed by atoms with Gasteiger partial charge in [0.2, 0.25) is 5.91 Å². The molecule has 0 spiro atoms. The minimum absolute atomic E-state index is 0.150. The third-order valence-corrected chi connectivity index (χ3v) is 3.40. The highest BCUT2D eigenvalue weighted by Crippen LogP contribution is 2.12. The van der Waals surface area contributed by atoms with Crippen LogP contribution in [-0.2, 0) is 11.2 Å². The first-order chi connectivity index (χ1) is 9.46. The molecule has 0 saturated carbocycles. The number of carbonyl (C=O) groups is 1. The Kier molecular flexibility index (Phi) is 5.94. The maximum absolute atomic E-state index is 12.0. The smallest absolute Gasteiger partial charge is 0.237 e. The largest absolute Gasteiger partial charge is 0.508 e. The predicted octanol–water partition coefficient (Wildman–Crippen LogP) is -0.488. The maximum atomic E-state index is 12.0. The molecule has 0 aromatic heterocycles. The molecule has 0 unspecified atom stereocenters. The Morgan fingerprint density at radius 2 is 1.85 bits per heavy atom. The van der Waals surface area contributed by atoms with Gasteiger partial charge in [-0.15, -0.1) is 0 Å². The van der Waals surface area contributed by atoms with Crippen LogP contribution < -0.4 is 11.1 Å². The van der Waals surface area contributed by atoms with Crippen molar-refractivity contribution in [2.45, 2.75) is 31.3 Å². The molecule has 0 bridgehead atoms. The lowest BCUT2D eigenvalue weighted by Gasteiger charge is -2.31. The standard InChI is InChI=1S/C14H22N2O4/c1-2-14(8-17,9-18)16-13(20)12(15)7-10-3-5-11(19)6-4-10/h3-6,12,17-19H,2,7-9,15H2,1H3,(H,16,20)/t12-/m1/s1. The van der Waals surface area contributed by atoms with Gasteiger partial charge in [0.1, 0.15) is 5.75 Å². The van der Waals surface area contributed by atoms with Crippen LogP contribution in [0.1, 0.15) is 18.9 Å². The summed E-state index contributed by atoms with van der Waals surface area (Å²) in [5.41, 5.74) is 5.60. The van der Waals surface area contributed by atoms with E-state index in [0.29, 0.717) is 12.8 Å². The number of hydrogen-bond donors (Lipinski definition) is 5. The number of aliphatic hydroxyl groups is 2. The molecule has 0 aliphatic carbocycles. The van der Waals surface area contributed by atoms with Crippen molar-refractivity contribution in [3.63, 3.8) is 0 Å². The molecule has 112 valence electrons. The quantitative estimate of drug-likeness (QED) is 0.463. The van der Waals surface area contributed by atoms with Crippen LogP contribution in [0.25, 0.3) is 0 Å². The van der Waals surface area contributed by atoms with Gasteiger partial charge in [0, 0.05) is 0 Å². The van der Waals surface area contributed by atoms with Crippen molar-refractivity contribution in [3.8, 4) is 5.75 Å². The van der Waals surface area contributed by atoms with E-state index < -0.39 is 17.5 Å². The molecule has 0 aliphatic heterocycles. The summed E-state index contributed by atoms with van der Waals surface area (Å²) in [6, 6.07) is 5.64. The van der Waals surface area contributed by atoms with Crippen LogP contribution in [0.3, 0.4) is 0 Å². The minimum Gasteiger partial charge on any atom is -0.508 e. The van der Waals surface area contributed by atoms with Gasteiger partial charge in [-0.05, 0) is 30.5 Å². The van der Waals surface area contributed by atoms with Gasteiger partial charge in [-0.25, -0.2) is 0 Å². The molecule has 6 nitrogen and oxygen atoms in total. The lowest BCUT2D eigenvalue weighted by molar-refractivity contribution is -0.125. The second-order valence-corrected chi connectivity index (χ2v) is 4.92.